The molecule has 1 aliphatic heterocycles. The molecule has 0 bridgehead atoms. The first-order chi connectivity index (χ1) is 10.9. The summed E-state index contributed by atoms with van der Waals surface area (Å²) in [6.45, 7) is 7.00. The van der Waals surface area contributed by atoms with E-state index in [4.69, 9.17) is 4.74 Å². The Labute approximate surface area is 137 Å². The molecular weight excluding hydrogens is 292 g/mol. The highest BCUT2D eigenvalue weighted by molar-refractivity contribution is 6.00. The number of piperidine rings is 1. The molecule has 1 amide bonds. The van der Waals surface area contributed by atoms with Gasteiger partial charge in [0.2, 0.25) is 0 Å². The zero-order valence-electron chi connectivity index (χ0n) is 14.2. The molecule has 1 heterocycles. The van der Waals surface area contributed by atoms with Gasteiger partial charge in [-0.2, -0.15) is 0 Å². The van der Waals surface area contributed by atoms with Crippen molar-refractivity contribution >= 4 is 11.8 Å². The number of benzene rings is 1. The maximum atomic E-state index is 12.1. The van der Waals surface area contributed by atoms with Crippen LogP contribution < -0.4 is 0 Å². The monoisotopic (exact) mass is 318 g/mol. The van der Waals surface area contributed by atoms with Crippen LogP contribution >= 0.6 is 0 Å². The van der Waals surface area contributed by atoms with Crippen LogP contribution in [0.4, 0.5) is 4.79 Å². The van der Waals surface area contributed by atoms with E-state index >= 15 is 0 Å². The second-order valence-corrected chi connectivity index (χ2v) is 7.03. The van der Waals surface area contributed by atoms with Crippen molar-refractivity contribution in [2.24, 2.45) is 11.1 Å². The fourth-order valence-corrected chi connectivity index (χ4v) is 2.77. The van der Waals surface area contributed by atoms with E-state index in [-0.39, 0.29) is 6.09 Å². The largest absolute Gasteiger partial charge is 0.444 e. The van der Waals surface area contributed by atoms with Gasteiger partial charge in [-0.25, -0.2) is 4.79 Å². The van der Waals surface area contributed by atoms with Gasteiger partial charge in [0.05, 0.1) is 5.71 Å². The number of carbonyl (C=O) groups excluding carboxylic acids is 1. The highest BCUT2D eigenvalue weighted by Gasteiger charge is 2.27. The lowest BCUT2D eigenvalue weighted by Crippen LogP contribution is -2.42. The Morgan fingerprint density at radius 2 is 1.87 bits per heavy atom. The summed E-state index contributed by atoms with van der Waals surface area (Å²) in [5, 5.41) is 12.7. The molecule has 1 N–H and O–H groups in total. The van der Waals surface area contributed by atoms with Crippen molar-refractivity contribution in [3.8, 4) is 0 Å². The van der Waals surface area contributed by atoms with Crippen molar-refractivity contribution in [3.63, 3.8) is 0 Å². The average molecular weight is 318 g/mol. The first kappa shape index (κ1) is 17.3. The second kappa shape index (κ2) is 7.49. The van der Waals surface area contributed by atoms with Crippen LogP contribution in [0, 0.1) is 5.92 Å². The van der Waals surface area contributed by atoms with Crippen LogP contribution in [0.2, 0.25) is 0 Å². The molecular formula is C18H26N2O3. The van der Waals surface area contributed by atoms with Crippen molar-refractivity contribution in [3.05, 3.63) is 35.9 Å². The Morgan fingerprint density at radius 3 is 2.39 bits per heavy atom. The van der Waals surface area contributed by atoms with E-state index in [1.165, 1.54) is 0 Å². The number of hydrogen-bond acceptors (Lipinski definition) is 4. The summed E-state index contributed by atoms with van der Waals surface area (Å²) in [6.07, 6.45) is 2.27. The molecule has 1 aromatic rings. The number of rotatable bonds is 3. The maximum absolute atomic E-state index is 12.1. The van der Waals surface area contributed by atoms with Crippen molar-refractivity contribution in [1.82, 2.24) is 4.90 Å². The SMILES string of the molecule is CC(C)(C)OC(=O)N1CCC(CC(=NO)c2ccccc2)CC1. The van der Waals surface area contributed by atoms with E-state index in [1.807, 2.05) is 51.1 Å². The highest BCUT2D eigenvalue weighted by atomic mass is 16.6. The molecule has 5 heteroatoms. The third kappa shape index (κ3) is 5.27. The van der Waals surface area contributed by atoms with Crippen LogP contribution in [0.5, 0.6) is 0 Å². The summed E-state index contributed by atoms with van der Waals surface area (Å²) in [7, 11) is 0. The molecule has 0 aromatic heterocycles. The van der Waals surface area contributed by atoms with Crippen LogP contribution in [0.3, 0.4) is 0 Å². The zero-order valence-corrected chi connectivity index (χ0v) is 14.2. The second-order valence-electron chi connectivity index (χ2n) is 7.03. The van der Waals surface area contributed by atoms with Gasteiger partial charge in [0.25, 0.3) is 0 Å². The van der Waals surface area contributed by atoms with Crippen LogP contribution in [0.1, 0.15) is 45.6 Å². The van der Waals surface area contributed by atoms with E-state index in [9.17, 15) is 10.0 Å². The van der Waals surface area contributed by atoms with Gasteiger partial charge in [-0.3, -0.25) is 0 Å². The van der Waals surface area contributed by atoms with Gasteiger partial charge in [-0.1, -0.05) is 35.5 Å². The molecule has 0 radical (unpaired) electrons. The predicted octanol–water partition coefficient (Wildman–Crippen LogP) is 3.90. The number of carbonyl (C=O) groups is 1. The first-order valence-corrected chi connectivity index (χ1v) is 8.13. The first-order valence-electron chi connectivity index (χ1n) is 8.13. The fourth-order valence-electron chi connectivity index (χ4n) is 2.77. The van der Waals surface area contributed by atoms with E-state index < -0.39 is 5.60 Å². The minimum atomic E-state index is -0.460. The fraction of sp³-hybridized carbons (Fsp3) is 0.556. The quantitative estimate of drug-likeness (QED) is 0.522. The van der Waals surface area contributed by atoms with Gasteiger partial charge in [0.15, 0.2) is 0 Å². The van der Waals surface area contributed by atoms with E-state index in [0.717, 1.165) is 24.8 Å². The van der Waals surface area contributed by atoms with Crippen molar-refractivity contribution in [2.75, 3.05) is 13.1 Å². The number of hydrogen-bond donors (Lipinski definition) is 1. The smallest absolute Gasteiger partial charge is 0.410 e. The highest BCUT2D eigenvalue weighted by Crippen LogP contribution is 2.24. The number of amides is 1. The molecule has 0 aliphatic carbocycles. The Kier molecular flexibility index (Phi) is 5.64. The standard InChI is InChI=1S/C18H26N2O3/c1-18(2,3)23-17(21)20-11-9-14(10-12-20)13-16(19-22)15-7-5-4-6-8-15/h4-8,14,22H,9-13H2,1-3H3. The Morgan fingerprint density at radius 1 is 1.26 bits per heavy atom. The summed E-state index contributed by atoms with van der Waals surface area (Å²) in [5.41, 5.74) is 1.20. The van der Waals surface area contributed by atoms with Crippen LogP contribution in [-0.4, -0.2) is 40.6 Å². The van der Waals surface area contributed by atoms with Crippen LogP contribution in [0.15, 0.2) is 35.5 Å². The minimum Gasteiger partial charge on any atom is -0.444 e. The molecule has 1 aliphatic rings. The molecule has 0 atom stereocenters. The summed E-state index contributed by atoms with van der Waals surface area (Å²) in [4.78, 5) is 13.8. The van der Waals surface area contributed by atoms with Crippen molar-refractivity contribution < 1.29 is 14.7 Å². The number of oxime groups is 1. The summed E-state index contributed by atoms with van der Waals surface area (Å²) >= 11 is 0. The van der Waals surface area contributed by atoms with Crippen LogP contribution in [0.25, 0.3) is 0 Å². The van der Waals surface area contributed by atoms with Crippen molar-refractivity contribution in [1.29, 1.82) is 0 Å². The molecule has 126 valence electrons. The van der Waals surface area contributed by atoms with E-state index in [1.54, 1.807) is 4.90 Å². The molecule has 0 spiro atoms. The molecule has 5 nitrogen and oxygen atoms in total. The molecule has 23 heavy (non-hydrogen) atoms. The molecule has 2 rings (SSSR count). The molecule has 1 saturated heterocycles. The van der Waals surface area contributed by atoms with E-state index in [2.05, 4.69) is 5.16 Å². The minimum absolute atomic E-state index is 0.241. The summed E-state index contributed by atoms with van der Waals surface area (Å²) in [6, 6.07) is 9.71. The number of nitrogens with zero attached hydrogens (tertiary/aromatic N) is 2. The van der Waals surface area contributed by atoms with Gasteiger partial charge in [-0.15, -0.1) is 0 Å². The summed E-state index contributed by atoms with van der Waals surface area (Å²) < 4.78 is 5.41. The molecule has 0 unspecified atom stereocenters. The predicted molar refractivity (Wildman–Crippen MR) is 89.9 cm³/mol. The summed E-state index contributed by atoms with van der Waals surface area (Å²) in [5.74, 6) is 0.416. The van der Waals surface area contributed by atoms with Crippen molar-refractivity contribution in [2.45, 2.75) is 45.6 Å². The van der Waals surface area contributed by atoms with Gasteiger partial charge < -0.3 is 14.8 Å². The molecule has 1 aromatic carbocycles. The van der Waals surface area contributed by atoms with Gasteiger partial charge in [-0.05, 0) is 51.5 Å². The Balaban J connectivity index is 1.86. The van der Waals surface area contributed by atoms with E-state index in [0.29, 0.717) is 24.7 Å². The lowest BCUT2D eigenvalue weighted by molar-refractivity contribution is 0.0186. The third-order valence-electron chi connectivity index (χ3n) is 3.98. The third-order valence-corrected chi connectivity index (χ3v) is 3.98. The van der Waals surface area contributed by atoms with Crippen LogP contribution in [-0.2, 0) is 4.74 Å². The number of likely N-dealkylation sites (tertiary alicyclic amines) is 1. The average Bonchev–Trinajstić information content (AvgIpc) is 2.52. The molecule has 1 fully saturated rings. The van der Waals surface area contributed by atoms with Gasteiger partial charge in [0.1, 0.15) is 5.60 Å². The molecule has 0 saturated carbocycles. The van der Waals surface area contributed by atoms with Gasteiger partial charge in [0, 0.05) is 13.1 Å². The Hall–Kier alpha value is -2.04. The number of ether oxygens (including phenoxy) is 1. The van der Waals surface area contributed by atoms with Gasteiger partial charge >= 0.3 is 6.09 Å². The lowest BCUT2D eigenvalue weighted by atomic mass is 9.89. The zero-order chi connectivity index (χ0) is 16.9. The topological polar surface area (TPSA) is 62.1 Å². The maximum Gasteiger partial charge on any atom is 0.410 e. The Bertz CT molecular complexity index is 541. The normalized spacial score (nSPS) is 17.2. The lowest BCUT2D eigenvalue weighted by Gasteiger charge is -2.33.